The number of likely N-dealkylation sites (N-methyl/N-ethyl adjacent to an activating group) is 1. The lowest BCUT2D eigenvalue weighted by molar-refractivity contribution is -0.136. The first kappa shape index (κ1) is 18.6. The third-order valence-electron chi connectivity index (χ3n) is 3.62. The molecule has 0 radical (unpaired) electrons. The first-order valence-electron chi connectivity index (χ1n) is 8.24. The van der Waals surface area contributed by atoms with Crippen LogP contribution in [-0.4, -0.2) is 44.9 Å². The molecule has 0 spiro atoms. The van der Waals surface area contributed by atoms with Gasteiger partial charge in [-0.2, -0.15) is 0 Å². The molecule has 134 valence electrons. The van der Waals surface area contributed by atoms with E-state index in [2.05, 4.69) is 10.3 Å². The summed E-state index contributed by atoms with van der Waals surface area (Å²) in [4.78, 5) is 42.6. The smallest absolute Gasteiger partial charge is 0.261 e. The third-order valence-corrected chi connectivity index (χ3v) is 3.62. The lowest BCUT2D eigenvalue weighted by atomic mass is 10.1. The highest BCUT2D eigenvalue weighted by molar-refractivity contribution is 5.85. The van der Waals surface area contributed by atoms with Crippen molar-refractivity contribution < 1.29 is 9.59 Å². The Balaban J connectivity index is 2.13. The molecule has 2 rings (SSSR count). The highest BCUT2D eigenvalue weighted by Gasteiger charge is 2.20. The van der Waals surface area contributed by atoms with Crippen LogP contribution in [0.3, 0.4) is 0 Å². The number of rotatable bonds is 5. The van der Waals surface area contributed by atoms with Crippen molar-refractivity contribution in [2.75, 3.05) is 13.1 Å². The van der Waals surface area contributed by atoms with Crippen molar-refractivity contribution in [2.45, 2.75) is 39.8 Å². The number of amides is 2. The van der Waals surface area contributed by atoms with Gasteiger partial charge in [0.15, 0.2) is 0 Å². The van der Waals surface area contributed by atoms with Crippen molar-refractivity contribution in [3.63, 3.8) is 0 Å². The second-order valence-electron chi connectivity index (χ2n) is 6.90. The summed E-state index contributed by atoms with van der Waals surface area (Å²) < 4.78 is 1.27. The van der Waals surface area contributed by atoms with Gasteiger partial charge in [-0.1, -0.05) is 12.1 Å². The Labute approximate surface area is 146 Å². The molecule has 1 N–H and O–H groups in total. The second-order valence-corrected chi connectivity index (χ2v) is 6.90. The van der Waals surface area contributed by atoms with Gasteiger partial charge in [-0.25, -0.2) is 4.98 Å². The number of nitrogens with zero attached hydrogens (tertiary/aromatic N) is 3. The van der Waals surface area contributed by atoms with Gasteiger partial charge in [0.05, 0.1) is 23.8 Å². The maximum Gasteiger partial charge on any atom is 0.261 e. The molecular weight excluding hydrogens is 320 g/mol. The van der Waals surface area contributed by atoms with E-state index in [1.165, 1.54) is 15.8 Å². The minimum absolute atomic E-state index is 0.0393. The van der Waals surface area contributed by atoms with E-state index in [0.717, 1.165) is 0 Å². The van der Waals surface area contributed by atoms with E-state index in [1.54, 1.807) is 31.2 Å². The first-order chi connectivity index (χ1) is 11.7. The van der Waals surface area contributed by atoms with E-state index in [1.807, 2.05) is 20.8 Å². The summed E-state index contributed by atoms with van der Waals surface area (Å²) in [6.45, 7) is 7.63. The van der Waals surface area contributed by atoms with Crippen LogP contribution in [0.15, 0.2) is 35.4 Å². The van der Waals surface area contributed by atoms with Crippen LogP contribution >= 0.6 is 0 Å². The molecule has 2 amide bonds. The molecule has 1 aromatic carbocycles. The fourth-order valence-corrected chi connectivity index (χ4v) is 2.47. The molecule has 0 saturated heterocycles. The lowest BCUT2D eigenvalue weighted by Gasteiger charge is -2.25. The molecule has 0 unspecified atom stereocenters. The Hall–Kier alpha value is -2.70. The zero-order valence-electron chi connectivity index (χ0n) is 15.1. The number of para-hydroxylation sites is 1. The van der Waals surface area contributed by atoms with Gasteiger partial charge in [0.25, 0.3) is 5.56 Å². The highest BCUT2D eigenvalue weighted by Crippen LogP contribution is 2.05. The fourth-order valence-electron chi connectivity index (χ4n) is 2.47. The first-order valence-corrected chi connectivity index (χ1v) is 8.24. The van der Waals surface area contributed by atoms with Gasteiger partial charge in [-0.15, -0.1) is 0 Å². The highest BCUT2D eigenvalue weighted by atomic mass is 16.2. The van der Waals surface area contributed by atoms with Crippen molar-refractivity contribution in [2.24, 2.45) is 0 Å². The number of carbonyl (C=O) groups excluding carboxylic acids is 2. The zero-order valence-corrected chi connectivity index (χ0v) is 15.1. The number of benzene rings is 1. The van der Waals surface area contributed by atoms with Crippen LogP contribution in [0, 0.1) is 0 Å². The summed E-state index contributed by atoms with van der Waals surface area (Å²) in [7, 11) is 0. The maximum atomic E-state index is 12.5. The summed E-state index contributed by atoms with van der Waals surface area (Å²) in [5.74, 6) is -0.530. The minimum atomic E-state index is -0.362. The van der Waals surface area contributed by atoms with Gasteiger partial charge >= 0.3 is 0 Å². The molecule has 0 fully saturated rings. The monoisotopic (exact) mass is 344 g/mol. The minimum Gasteiger partial charge on any atom is -0.350 e. The van der Waals surface area contributed by atoms with Gasteiger partial charge in [0.2, 0.25) is 11.8 Å². The predicted molar refractivity (Wildman–Crippen MR) is 96.2 cm³/mol. The SMILES string of the molecule is CCN(CC(=O)NC(C)(C)C)C(=O)Cn1cnc2ccccc2c1=O. The third kappa shape index (κ3) is 4.89. The Kier molecular flexibility index (Phi) is 5.56. The van der Waals surface area contributed by atoms with Gasteiger partial charge in [-0.3, -0.25) is 19.0 Å². The van der Waals surface area contributed by atoms with Crippen LogP contribution in [0.1, 0.15) is 27.7 Å². The predicted octanol–water partition coefficient (Wildman–Crippen LogP) is 1.16. The largest absolute Gasteiger partial charge is 0.350 e. The van der Waals surface area contributed by atoms with E-state index in [9.17, 15) is 14.4 Å². The van der Waals surface area contributed by atoms with Gasteiger partial charge in [-0.05, 0) is 39.8 Å². The Morgan fingerprint density at radius 2 is 1.92 bits per heavy atom. The molecule has 2 aromatic rings. The fraction of sp³-hybridized carbons (Fsp3) is 0.444. The Morgan fingerprint density at radius 1 is 1.24 bits per heavy atom. The molecule has 0 aliphatic carbocycles. The van der Waals surface area contributed by atoms with E-state index >= 15 is 0 Å². The molecular formula is C18H24N4O3. The van der Waals surface area contributed by atoms with Crippen LogP contribution in [0.2, 0.25) is 0 Å². The average Bonchev–Trinajstić information content (AvgIpc) is 2.53. The topological polar surface area (TPSA) is 84.3 Å². The summed E-state index contributed by atoms with van der Waals surface area (Å²) in [5.41, 5.74) is -0.0408. The average molecular weight is 344 g/mol. The van der Waals surface area contributed by atoms with Gasteiger partial charge < -0.3 is 10.2 Å². The Morgan fingerprint density at radius 3 is 2.56 bits per heavy atom. The normalized spacial score (nSPS) is 11.4. The number of carbonyl (C=O) groups is 2. The summed E-state index contributed by atoms with van der Waals surface area (Å²) >= 11 is 0. The molecule has 1 aromatic heterocycles. The van der Waals surface area contributed by atoms with Gasteiger partial charge in [0, 0.05) is 12.1 Å². The molecule has 25 heavy (non-hydrogen) atoms. The van der Waals surface area contributed by atoms with Crippen molar-refractivity contribution in [1.29, 1.82) is 0 Å². The van der Waals surface area contributed by atoms with Crippen molar-refractivity contribution in [1.82, 2.24) is 19.8 Å². The summed E-state index contributed by atoms with van der Waals surface area (Å²) in [6, 6.07) is 6.99. The van der Waals surface area contributed by atoms with Crippen LogP contribution in [0.5, 0.6) is 0 Å². The molecule has 0 bridgehead atoms. The molecule has 0 aliphatic rings. The summed E-state index contributed by atoms with van der Waals surface area (Å²) in [5, 5.41) is 3.29. The lowest BCUT2D eigenvalue weighted by Crippen LogP contribution is -2.48. The standard InChI is InChI=1S/C18H24N4O3/c1-5-21(10-15(23)20-18(2,3)4)16(24)11-22-12-19-14-9-7-6-8-13(14)17(22)25/h6-9,12H,5,10-11H2,1-4H3,(H,20,23). The van der Waals surface area contributed by atoms with E-state index in [0.29, 0.717) is 17.4 Å². The zero-order chi connectivity index (χ0) is 18.6. The van der Waals surface area contributed by atoms with E-state index in [4.69, 9.17) is 0 Å². The van der Waals surface area contributed by atoms with Crippen LogP contribution in [0.4, 0.5) is 0 Å². The van der Waals surface area contributed by atoms with E-state index in [-0.39, 0.29) is 36.0 Å². The van der Waals surface area contributed by atoms with Crippen molar-refractivity contribution in [3.05, 3.63) is 40.9 Å². The molecule has 0 atom stereocenters. The molecule has 7 heteroatoms. The Bertz CT molecular complexity index is 836. The van der Waals surface area contributed by atoms with Crippen molar-refractivity contribution in [3.8, 4) is 0 Å². The van der Waals surface area contributed by atoms with E-state index < -0.39 is 0 Å². The summed E-state index contributed by atoms with van der Waals surface area (Å²) in [6.07, 6.45) is 1.37. The van der Waals surface area contributed by atoms with Crippen LogP contribution < -0.4 is 10.9 Å². The molecule has 7 nitrogen and oxygen atoms in total. The number of fused-ring (bicyclic) bond motifs is 1. The number of aromatic nitrogens is 2. The van der Waals surface area contributed by atoms with Gasteiger partial charge in [0.1, 0.15) is 6.54 Å². The number of hydrogen-bond acceptors (Lipinski definition) is 4. The quantitative estimate of drug-likeness (QED) is 0.882. The molecule has 0 saturated carbocycles. The van der Waals surface area contributed by atoms with Crippen LogP contribution in [-0.2, 0) is 16.1 Å². The number of hydrogen-bond donors (Lipinski definition) is 1. The maximum absolute atomic E-state index is 12.5. The second kappa shape index (κ2) is 7.46. The van der Waals surface area contributed by atoms with Crippen molar-refractivity contribution >= 4 is 22.7 Å². The number of nitrogens with one attached hydrogen (secondary N) is 1. The van der Waals surface area contributed by atoms with Crippen LogP contribution in [0.25, 0.3) is 10.9 Å². The molecule has 0 aliphatic heterocycles. The molecule has 1 heterocycles.